The first kappa shape index (κ1) is 11.1. The maximum Gasteiger partial charge on any atom is 0.314 e. The Morgan fingerprint density at radius 1 is 1.44 bits per heavy atom. The molecule has 1 saturated carbocycles. The van der Waals surface area contributed by atoms with E-state index in [1.165, 1.54) is 0 Å². The number of aromatic nitrogens is 1. The second kappa shape index (κ2) is 3.51. The fourth-order valence-electron chi connectivity index (χ4n) is 2.60. The van der Waals surface area contributed by atoms with Crippen LogP contribution >= 0.6 is 0 Å². The van der Waals surface area contributed by atoms with Gasteiger partial charge in [-0.2, -0.15) is 0 Å². The molecule has 4 heteroatoms. The van der Waals surface area contributed by atoms with Gasteiger partial charge in [0.2, 0.25) is 0 Å². The van der Waals surface area contributed by atoms with Crippen LogP contribution < -0.4 is 4.74 Å². The summed E-state index contributed by atoms with van der Waals surface area (Å²) in [6, 6.07) is 5.77. The average Bonchev–Trinajstić information content (AvgIpc) is 3.11. The average molecular weight is 245 g/mol. The lowest BCUT2D eigenvalue weighted by Crippen LogP contribution is -2.19. The van der Waals surface area contributed by atoms with Gasteiger partial charge in [0, 0.05) is 24.7 Å². The van der Waals surface area contributed by atoms with Crippen LogP contribution in [0.25, 0.3) is 10.9 Å². The molecule has 2 aromatic rings. The molecule has 0 radical (unpaired) electrons. The highest BCUT2D eigenvalue weighted by Crippen LogP contribution is 2.51. The van der Waals surface area contributed by atoms with E-state index in [0.29, 0.717) is 0 Å². The second-order valence-corrected chi connectivity index (χ2v) is 4.92. The van der Waals surface area contributed by atoms with Crippen molar-refractivity contribution in [2.75, 3.05) is 7.11 Å². The molecule has 1 heterocycles. The number of rotatable bonds is 3. The third-order valence-corrected chi connectivity index (χ3v) is 3.87. The number of carboxylic acids is 1. The molecule has 0 spiro atoms. The van der Waals surface area contributed by atoms with Gasteiger partial charge in [0.15, 0.2) is 0 Å². The molecule has 94 valence electrons. The number of carboxylic acid groups (broad SMARTS) is 1. The van der Waals surface area contributed by atoms with Gasteiger partial charge >= 0.3 is 5.97 Å². The summed E-state index contributed by atoms with van der Waals surface area (Å²) >= 11 is 0. The van der Waals surface area contributed by atoms with Crippen molar-refractivity contribution in [1.29, 1.82) is 0 Å². The van der Waals surface area contributed by atoms with E-state index in [-0.39, 0.29) is 0 Å². The molecule has 1 aliphatic rings. The molecule has 3 rings (SSSR count). The van der Waals surface area contributed by atoms with Gasteiger partial charge in [0.05, 0.1) is 18.0 Å². The number of aliphatic carboxylic acids is 1. The molecule has 4 nitrogen and oxygen atoms in total. The molecule has 1 aromatic carbocycles. The number of carbonyl (C=O) groups is 1. The number of ether oxygens (including phenoxy) is 1. The van der Waals surface area contributed by atoms with Crippen molar-refractivity contribution in [2.45, 2.75) is 18.3 Å². The lowest BCUT2D eigenvalue weighted by molar-refractivity contribution is -0.140. The molecule has 0 bridgehead atoms. The Labute approximate surface area is 105 Å². The van der Waals surface area contributed by atoms with Gasteiger partial charge in [-0.25, -0.2) is 0 Å². The van der Waals surface area contributed by atoms with E-state index >= 15 is 0 Å². The summed E-state index contributed by atoms with van der Waals surface area (Å²) in [7, 11) is 3.56. The van der Waals surface area contributed by atoms with E-state index in [1.807, 2.05) is 36.0 Å². The standard InChI is InChI=1S/C14H15NO3/c1-15-8-11(14(5-6-14)13(16)17)10-4-3-9(18-2)7-12(10)15/h3-4,7-8H,5-6H2,1-2H3,(H,16,17). The van der Waals surface area contributed by atoms with E-state index in [2.05, 4.69) is 0 Å². The van der Waals surface area contributed by atoms with Crippen molar-refractivity contribution in [3.8, 4) is 5.75 Å². The third kappa shape index (κ3) is 1.35. The molecule has 0 saturated heterocycles. The molecule has 1 N–H and O–H groups in total. The topological polar surface area (TPSA) is 51.5 Å². The van der Waals surface area contributed by atoms with Crippen molar-refractivity contribution < 1.29 is 14.6 Å². The first-order valence-electron chi connectivity index (χ1n) is 5.95. The number of nitrogens with zero attached hydrogens (tertiary/aromatic N) is 1. The van der Waals surface area contributed by atoms with Crippen molar-refractivity contribution in [3.63, 3.8) is 0 Å². The van der Waals surface area contributed by atoms with Crippen LogP contribution in [-0.2, 0) is 17.3 Å². The second-order valence-electron chi connectivity index (χ2n) is 4.92. The van der Waals surface area contributed by atoms with Crippen molar-refractivity contribution >= 4 is 16.9 Å². The monoisotopic (exact) mass is 245 g/mol. The smallest absolute Gasteiger partial charge is 0.314 e. The van der Waals surface area contributed by atoms with Crippen molar-refractivity contribution in [3.05, 3.63) is 30.0 Å². The summed E-state index contributed by atoms with van der Waals surface area (Å²) in [5.74, 6) is 0.0706. The van der Waals surface area contributed by atoms with Crippen LogP contribution in [0, 0.1) is 0 Å². The predicted molar refractivity (Wildman–Crippen MR) is 68.0 cm³/mol. The minimum absolute atomic E-state index is 0.659. The Balaban J connectivity index is 2.23. The number of hydrogen-bond donors (Lipinski definition) is 1. The minimum Gasteiger partial charge on any atom is -0.497 e. The highest BCUT2D eigenvalue weighted by Gasteiger charge is 2.53. The molecule has 1 fully saturated rings. The number of hydrogen-bond acceptors (Lipinski definition) is 2. The Kier molecular flexibility index (Phi) is 2.17. The van der Waals surface area contributed by atoms with Gasteiger partial charge in [-0.1, -0.05) is 0 Å². The zero-order valence-electron chi connectivity index (χ0n) is 10.4. The number of benzene rings is 1. The predicted octanol–water partition coefficient (Wildman–Crippen LogP) is 2.30. The maximum absolute atomic E-state index is 11.4. The summed E-state index contributed by atoms with van der Waals surface area (Å²) in [4.78, 5) is 11.4. The van der Waals surface area contributed by atoms with Crippen LogP contribution in [-0.4, -0.2) is 22.8 Å². The van der Waals surface area contributed by atoms with Crippen molar-refractivity contribution in [1.82, 2.24) is 4.57 Å². The van der Waals surface area contributed by atoms with Crippen molar-refractivity contribution in [2.24, 2.45) is 7.05 Å². The van der Waals surface area contributed by atoms with Gasteiger partial charge in [-0.15, -0.1) is 0 Å². The molecular weight excluding hydrogens is 230 g/mol. The fourth-order valence-corrected chi connectivity index (χ4v) is 2.60. The Morgan fingerprint density at radius 3 is 2.72 bits per heavy atom. The molecule has 1 aliphatic carbocycles. The van der Waals surface area contributed by atoms with Crippen LogP contribution in [0.5, 0.6) is 5.75 Å². The summed E-state index contributed by atoms with van der Waals surface area (Å²) < 4.78 is 7.17. The number of aryl methyl sites for hydroxylation is 1. The van der Waals surface area contributed by atoms with Crippen LogP contribution in [0.2, 0.25) is 0 Å². The van der Waals surface area contributed by atoms with E-state index in [1.54, 1.807) is 7.11 Å². The first-order valence-corrected chi connectivity index (χ1v) is 5.95. The molecular formula is C14H15NO3. The zero-order valence-corrected chi connectivity index (χ0v) is 10.4. The Morgan fingerprint density at radius 2 is 2.17 bits per heavy atom. The normalized spacial score (nSPS) is 16.8. The van der Waals surface area contributed by atoms with Gasteiger partial charge < -0.3 is 14.4 Å². The van der Waals surface area contributed by atoms with E-state index < -0.39 is 11.4 Å². The molecule has 0 atom stereocenters. The van der Waals surface area contributed by atoms with Gasteiger partial charge in [-0.05, 0) is 30.5 Å². The highest BCUT2D eigenvalue weighted by molar-refractivity contribution is 5.95. The third-order valence-electron chi connectivity index (χ3n) is 3.87. The Hall–Kier alpha value is -1.97. The van der Waals surface area contributed by atoms with E-state index in [0.717, 1.165) is 35.1 Å². The molecule has 0 unspecified atom stereocenters. The first-order chi connectivity index (χ1) is 8.58. The number of fused-ring (bicyclic) bond motifs is 1. The minimum atomic E-state index is -0.717. The molecule has 0 aliphatic heterocycles. The van der Waals surface area contributed by atoms with Crippen LogP contribution in [0.4, 0.5) is 0 Å². The van der Waals surface area contributed by atoms with E-state index in [9.17, 15) is 9.90 Å². The van der Waals surface area contributed by atoms with Crippen LogP contribution in [0.1, 0.15) is 18.4 Å². The van der Waals surface area contributed by atoms with E-state index in [4.69, 9.17) is 4.74 Å². The largest absolute Gasteiger partial charge is 0.497 e. The van der Waals surface area contributed by atoms with Gasteiger partial charge in [-0.3, -0.25) is 4.79 Å². The molecule has 18 heavy (non-hydrogen) atoms. The zero-order chi connectivity index (χ0) is 12.9. The summed E-state index contributed by atoms with van der Waals surface area (Å²) in [6.45, 7) is 0. The van der Waals surface area contributed by atoms with Crippen LogP contribution in [0.3, 0.4) is 0 Å². The molecule has 0 amide bonds. The Bertz CT molecular complexity index is 638. The van der Waals surface area contributed by atoms with Crippen LogP contribution in [0.15, 0.2) is 24.4 Å². The highest BCUT2D eigenvalue weighted by atomic mass is 16.5. The summed E-state index contributed by atoms with van der Waals surface area (Å²) in [6.07, 6.45) is 3.40. The fraction of sp³-hybridized carbons (Fsp3) is 0.357. The lowest BCUT2D eigenvalue weighted by atomic mass is 9.96. The van der Waals surface area contributed by atoms with Gasteiger partial charge in [0.1, 0.15) is 5.75 Å². The van der Waals surface area contributed by atoms with Gasteiger partial charge in [0.25, 0.3) is 0 Å². The SMILES string of the molecule is COc1ccc2c(C3(C(=O)O)CC3)cn(C)c2c1. The maximum atomic E-state index is 11.4. The number of methoxy groups -OCH3 is 1. The summed E-state index contributed by atoms with van der Waals surface area (Å²) in [5, 5.41) is 10.4. The quantitative estimate of drug-likeness (QED) is 0.902. The summed E-state index contributed by atoms with van der Waals surface area (Å²) in [5.41, 5.74) is 1.28. The lowest BCUT2D eigenvalue weighted by Gasteiger charge is -2.08. The molecule has 1 aromatic heterocycles.